The van der Waals surface area contributed by atoms with E-state index < -0.39 is 0 Å². The SMILES string of the molecule is CCCNC(C)c1cnn(-c2ccc(C#N)cc2)c1C. The van der Waals surface area contributed by atoms with Gasteiger partial charge in [-0.1, -0.05) is 6.92 Å². The maximum absolute atomic E-state index is 8.83. The number of hydrogen-bond donors (Lipinski definition) is 1. The Morgan fingerprint density at radius 1 is 1.35 bits per heavy atom. The summed E-state index contributed by atoms with van der Waals surface area (Å²) in [6.45, 7) is 7.39. The molecule has 2 aromatic rings. The molecule has 4 heteroatoms. The quantitative estimate of drug-likeness (QED) is 0.906. The van der Waals surface area contributed by atoms with Gasteiger partial charge in [0.1, 0.15) is 0 Å². The van der Waals surface area contributed by atoms with Crippen LogP contribution in [0.4, 0.5) is 0 Å². The van der Waals surface area contributed by atoms with Crippen molar-refractivity contribution >= 4 is 0 Å². The van der Waals surface area contributed by atoms with Crippen LogP contribution in [0.1, 0.15) is 43.1 Å². The van der Waals surface area contributed by atoms with Gasteiger partial charge in [0.15, 0.2) is 0 Å². The lowest BCUT2D eigenvalue weighted by molar-refractivity contribution is 0.568. The first kappa shape index (κ1) is 14.3. The lowest BCUT2D eigenvalue weighted by atomic mass is 10.1. The third kappa shape index (κ3) is 2.89. The summed E-state index contributed by atoms with van der Waals surface area (Å²) in [5.41, 5.74) is 3.99. The molecule has 0 bridgehead atoms. The van der Waals surface area contributed by atoms with Crippen molar-refractivity contribution in [3.8, 4) is 11.8 Å². The van der Waals surface area contributed by atoms with Gasteiger partial charge in [-0.25, -0.2) is 4.68 Å². The van der Waals surface area contributed by atoms with E-state index >= 15 is 0 Å². The molecule has 0 aliphatic rings. The van der Waals surface area contributed by atoms with Crippen LogP contribution in [0, 0.1) is 18.3 Å². The zero-order valence-corrected chi connectivity index (χ0v) is 12.2. The Labute approximate surface area is 120 Å². The first-order valence-corrected chi connectivity index (χ1v) is 6.95. The van der Waals surface area contributed by atoms with Crippen LogP contribution in [0.15, 0.2) is 30.5 Å². The van der Waals surface area contributed by atoms with E-state index in [9.17, 15) is 0 Å². The minimum atomic E-state index is 0.294. The molecule has 0 spiro atoms. The Hall–Kier alpha value is -2.12. The van der Waals surface area contributed by atoms with Crippen LogP contribution in [0.2, 0.25) is 0 Å². The van der Waals surface area contributed by atoms with Gasteiger partial charge in [-0.2, -0.15) is 10.4 Å². The van der Waals surface area contributed by atoms with Crippen LogP contribution in [0.3, 0.4) is 0 Å². The van der Waals surface area contributed by atoms with Gasteiger partial charge in [-0.3, -0.25) is 0 Å². The molecule has 1 N–H and O–H groups in total. The third-order valence-corrected chi connectivity index (χ3v) is 3.46. The second-order valence-electron chi connectivity index (χ2n) is 4.93. The maximum Gasteiger partial charge on any atom is 0.0991 e. The van der Waals surface area contributed by atoms with E-state index in [4.69, 9.17) is 5.26 Å². The average molecular weight is 268 g/mol. The smallest absolute Gasteiger partial charge is 0.0991 e. The molecule has 2 rings (SSSR count). The molecule has 0 saturated carbocycles. The molecule has 1 atom stereocenters. The summed E-state index contributed by atoms with van der Waals surface area (Å²) in [5, 5.41) is 16.8. The molecule has 1 heterocycles. The summed E-state index contributed by atoms with van der Waals surface area (Å²) in [4.78, 5) is 0. The summed E-state index contributed by atoms with van der Waals surface area (Å²) < 4.78 is 1.92. The van der Waals surface area contributed by atoms with Gasteiger partial charge in [0.2, 0.25) is 0 Å². The van der Waals surface area contributed by atoms with Crippen LogP contribution in [0.5, 0.6) is 0 Å². The zero-order chi connectivity index (χ0) is 14.5. The normalized spacial score (nSPS) is 12.1. The molecule has 4 nitrogen and oxygen atoms in total. The first-order valence-electron chi connectivity index (χ1n) is 6.95. The van der Waals surface area contributed by atoms with Crippen LogP contribution in [-0.2, 0) is 0 Å². The monoisotopic (exact) mass is 268 g/mol. The van der Waals surface area contributed by atoms with Gasteiger partial charge in [-0.15, -0.1) is 0 Å². The number of nitrogens with zero attached hydrogens (tertiary/aromatic N) is 3. The fraction of sp³-hybridized carbons (Fsp3) is 0.375. The Morgan fingerprint density at radius 2 is 2.05 bits per heavy atom. The number of aromatic nitrogens is 2. The molecular weight excluding hydrogens is 248 g/mol. The van der Waals surface area contributed by atoms with Gasteiger partial charge in [0.25, 0.3) is 0 Å². The van der Waals surface area contributed by atoms with Gasteiger partial charge in [0, 0.05) is 17.3 Å². The standard InChI is InChI=1S/C16H20N4/c1-4-9-18-12(2)16-11-19-20(13(16)3)15-7-5-14(10-17)6-8-15/h5-8,11-12,18H,4,9H2,1-3H3. The molecular formula is C16H20N4. The Kier molecular flexibility index (Phi) is 4.54. The van der Waals surface area contributed by atoms with E-state index in [-0.39, 0.29) is 0 Å². The highest BCUT2D eigenvalue weighted by Crippen LogP contribution is 2.20. The lowest BCUT2D eigenvalue weighted by Gasteiger charge is -2.13. The second kappa shape index (κ2) is 6.36. The van der Waals surface area contributed by atoms with E-state index in [1.807, 2.05) is 35.1 Å². The van der Waals surface area contributed by atoms with Crippen LogP contribution in [0.25, 0.3) is 5.69 Å². The molecule has 20 heavy (non-hydrogen) atoms. The molecule has 0 radical (unpaired) electrons. The molecule has 0 saturated heterocycles. The number of nitriles is 1. The maximum atomic E-state index is 8.83. The van der Waals surface area contributed by atoms with Crippen molar-refractivity contribution in [2.24, 2.45) is 0 Å². The topological polar surface area (TPSA) is 53.6 Å². The highest BCUT2D eigenvalue weighted by Gasteiger charge is 2.13. The Balaban J connectivity index is 2.25. The summed E-state index contributed by atoms with van der Waals surface area (Å²) in [6, 6.07) is 9.90. The van der Waals surface area contributed by atoms with Crippen molar-refractivity contribution < 1.29 is 0 Å². The van der Waals surface area contributed by atoms with Crippen LogP contribution in [-0.4, -0.2) is 16.3 Å². The van der Waals surface area contributed by atoms with Crippen molar-refractivity contribution in [1.29, 1.82) is 5.26 Å². The molecule has 0 aliphatic carbocycles. The average Bonchev–Trinajstić information content (AvgIpc) is 2.86. The zero-order valence-electron chi connectivity index (χ0n) is 12.2. The molecule has 0 fully saturated rings. The molecule has 1 aromatic carbocycles. The predicted octanol–water partition coefficient (Wildman–Crippen LogP) is 3.11. The highest BCUT2D eigenvalue weighted by atomic mass is 15.3. The Bertz CT molecular complexity index is 604. The number of hydrogen-bond acceptors (Lipinski definition) is 3. The van der Waals surface area contributed by atoms with Crippen molar-refractivity contribution in [3.05, 3.63) is 47.3 Å². The van der Waals surface area contributed by atoms with Crippen LogP contribution >= 0.6 is 0 Å². The van der Waals surface area contributed by atoms with Crippen molar-refractivity contribution in [2.45, 2.75) is 33.2 Å². The number of nitrogens with one attached hydrogen (secondary N) is 1. The van der Waals surface area contributed by atoms with E-state index in [1.54, 1.807) is 0 Å². The molecule has 1 unspecified atom stereocenters. The Morgan fingerprint density at radius 3 is 2.65 bits per heavy atom. The number of benzene rings is 1. The minimum absolute atomic E-state index is 0.294. The summed E-state index contributed by atoms with van der Waals surface area (Å²) in [7, 11) is 0. The molecule has 0 aliphatic heterocycles. The largest absolute Gasteiger partial charge is 0.310 e. The van der Waals surface area contributed by atoms with E-state index in [0.717, 1.165) is 24.3 Å². The lowest BCUT2D eigenvalue weighted by Crippen LogP contribution is -2.19. The van der Waals surface area contributed by atoms with E-state index in [2.05, 4.69) is 37.3 Å². The van der Waals surface area contributed by atoms with Gasteiger partial charge in [-0.05, 0) is 51.1 Å². The number of rotatable bonds is 5. The summed E-state index contributed by atoms with van der Waals surface area (Å²) in [5.74, 6) is 0. The summed E-state index contributed by atoms with van der Waals surface area (Å²) in [6.07, 6.45) is 3.04. The van der Waals surface area contributed by atoms with E-state index in [1.165, 1.54) is 5.56 Å². The minimum Gasteiger partial charge on any atom is -0.310 e. The van der Waals surface area contributed by atoms with Crippen molar-refractivity contribution in [2.75, 3.05) is 6.54 Å². The fourth-order valence-electron chi connectivity index (χ4n) is 2.26. The third-order valence-electron chi connectivity index (χ3n) is 3.46. The first-order chi connectivity index (χ1) is 9.67. The molecule has 0 amide bonds. The predicted molar refractivity (Wildman–Crippen MR) is 79.7 cm³/mol. The van der Waals surface area contributed by atoms with Crippen molar-refractivity contribution in [1.82, 2.24) is 15.1 Å². The van der Waals surface area contributed by atoms with Crippen LogP contribution < -0.4 is 5.32 Å². The van der Waals surface area contributed by atoms with Crippen molar-refractivity contribution in [3.63, 3.8) is 0 Å². The van der Waals surface area contributed by atoms with E-state index in [0.29, 0.717) is 11.6 Å². The second-order valence-corrected chi connectivity index (χ2v) is 4.93. The molecule has 104 valence electrons. The fourth-order valence-corrected chi connectivity index (χ4v) is 2.26. The van der Waals surface area contributed by atoms with Gasteiger partial charge >= 0.3 is 0 Å². The molecule has 1 aromatic heterocycles. The van der Waals surface area contributed by atoms with Gasteiger partial charge in [0.05, 0.1) is 23.5 Å². The summed E-state index contributed by atoms with van der Waals surface area (Å²) >= 11 is 0. The van der Waals surface area contributed by atoms with Gasteiger partial charge < -0.3 is 5.32 Å². The highest BCUT2D eigenvalue weighted by molar-refractivity contribution is 5.40.